The molecule has 1 saturated heterocycles. The third kappa shape index (κ3) is 4.77. The topological polar surface area (TPSA) is 92.5 Å². The molecule has 0 spiro atoms. The zero-order valence-corrected chi connectivity index (χ0v) is 18.8. The molecule has 0 radical (unpaired) electrons. The molecule has 1 aliphatic rings. The van der Waals surface area contributed by atoms with Gasteiger partial charge in [0.05, 0.1) is 30.9 Å². The molecule has 3 aromatic rings. The molecule has 3 heterocycles. The highest BCUT2D eigenvalue weighted by Crippen LogP contribution is 2.24. The minimum absolute atomic E-state index is 0.197. The largest absolute Gasteiger partial charge is 0.394 e. The third-order valence-corrected chi connectivity index (χ3v) is 5.82. The Kier molecular flexibility index (Phi) is 6.74. The van der Waals surface area contributed by atoms with Crippen molar-refractivity contribution in [3.05, 3.63) is 70.6 Å². The normalized spacial score (nSPS) is 16.7. The molecule has 1 aliphatic heterocycles. The minimum Gasteiger partial charge on any atom is -0.394 e. The van der Waals surface area contributed by atoms with Gasteiger partial charge in [0, 0.05) is 42.8 Å². The number of aryl methyl sites for hydroxylation is 1. The number of ether oxygens (including phenoxy) is 1. The summed E-state index contributed by atoms with van der Waals surface area (Å²) >= 11 is 6.09. The van der Waals surface area contributed by atoms with Gasteiger partial charge in [-0.3, -0.25) is 4.79 Å². The molecule has 9 heteroatoms. The summed E-state index contributed by atoms with van der Waals surface area (Å²) in [7, 11) is 1.67. The van der Waals surface area contributed by atoms with Gasteiger partial charge in [-0.25, -0.2) is 4.98 Å². The maximum absolute atomic E-state index is 13.1. The number of hydrogen-bond donors (Lipinski definition) is 2. The van der Waals surface area contributed by atoms with E-state index in [1.54, 1.807) is 49.9 Å². The monoisotopic (exact) mass is 455 g/mol. The van der Waals surface area contributed by atoms with E-state index in [1.165, 1.54) is 4.90 Å². The lowest BCUT2D eigenvalue weighted by Gasteiger charge is -2.27. The number of aliphatic hydroxyl groups is 1. The van der Waals surface area contributed by atoms with Gasteiger partial charge >= 0.3 is 0 Å². The van der Waals surface area contributed by atoms with E-state index in [9.17, 15) is 9.90 Å². The SMILES string of the molecule is Cc1cnc(NC2CCOC2)nc1-n1ccc(C(=O)N(C)C(CO)c2cccc(Cl)c2)c1. The maximum Gasteiger partial charge on any atom is 0.255 e. The van der Waals surface area contributed by atoms with Crippen molar-refractivity contribution in [2.24, 2.45) is 0 Å². The number of aromatic nitrogens is 3. The molecule has 2 atom stereocenters. The molecule has 8 nitrogen and oxygen atoms in total. The number of carbonyl (C=O) groups excluding carboxylic acids is 1. The summed E-state index contributed by atoms with van der Waals surface area (Å²) in [5.74, 6) is 1.01. The number of nitrogens with zero attached hydrogens (tertiary/aromatic N) is 4. The number of halogens is 1. The number of amides is 1. The standard InChI is InChI=1S/C23H26ClN5O3/c1-15-11-25-23(26-19-7-9-32-14-19)27-21(15)29-8-6-17(12-29)22(31)28(2)20(13-30)16-4-3-5-18(24)10-16/h3-6,8,10-12,19-20,30H,7,9,13-14H2,1-2H3,(H,25,26,27). The van der Waals surface area contributed by atoms with E-state index in [0.29, 0.717) is 29.0 Å². The Morgan fingerprint density at radius 1 is 1.44 bits per heavy atom. The molecule has 1 aromatic carbocycles. The summed E-state index contributed by atoms with van der Waals surface area (Å²) < 4.78 is 7.20. The van der Waals surface area contributed by atoms with Crippen LogP contribution < -0.4 is 5.32 Å². The van der Waals surface area contributed by atoms with Crippen molar-refractivity contribution in [1.29, 1.82) is 0 Å². The second kappa shape index (κ2) is 9.68. The smallest absolute Gasteiger partial charge is 0.255 e. The minimum atomic E-state index is -0.505. The maximum atomic E-state index is 13.1. The Bertz CT molecular complexity index is 1100. The van der Waals surface area contributed by atoms with Crippen LogP contribution in [0.25, 0.3) is 5.82 Å². The molecule has 2 aromatic heterocycles. The van der Waals surface area contributed by atoms with Gasteiger partial charge in [0.2, 0.25) is 5.95 Å². The lowest BCUT2D eigenvalue weighted by molar-refractivity contribution is 0.0658. The predicted octanol–water partition coefficient (Wildman–Crippen LogP) is 3.24. The number of benzene rings is 1. The van der Waals surface area contributed by atoms with E-state index in [-0.39, 0.29) is 18.6 Å². The van der Waals surface area contributed by atoms with Crippen molar-refractivity contribution in [3.8, 4) is 5.82 Å². The molecular weight excluding hydrogens is 430 g/mol. The van der Waals surface area contributed by atoms with Gasteiger partial charge in [0.15, 0.2) is 0 Å². The fourth-order valence-electron chi connectivity index (χ4n) is 3.76. The van der Waals surface area contributed by atoms with Crippen LogP contribution in [0.4, 0.5) is 5.95 Å². The summed E-state index contributed by atoms with van der Waals surface area (Å²) in [5, 5.41) is 13.8. The predicted molar refractivity (Wildman–Crippen MR) is 122 cm³/mol. The quantitative estimate of drug-likeness (QED) is 0.568. The van der Waals surface area contributed by atoms with E-state index in [4.69, 9.17) is 16.3 Å². The summed E-state index contributed by atoms with van der Waals surface area (Å²) in [6, 6.07) is 8.59. The molecule has 1 fully saturated rings. The molecule has 32 heavy (non-hydrogen) atoms. The zero-order chi connectivity index (χ0) is 22.7. The second-order valence-corrected chi connectivity index (χ2v) is 8.32. The molecule has 0 bridgehead atoms. The molecule has 2 N–H and O–H groups in total. The summed E-state index contributed by atoms with van der Waals surface area (Å²) in [6.45, 7) is 3.08. The van der Waals surface area contributed by atoms with E-state index in [0.717, 1.165) is 24.2 Å². The van der Waals surface area contributed by atoms with Gasteiger partial charge in [-0.1, -0.05) is 23.7 Å². The van der Waals surface area contributed by atoms with Gasteiger partial charge in [-0.05, 0) is 37.1 Å². The Labute approximate surface area is 191 Å². The van der Waals surface area contributed by atoms with E-state index >= 15 is 0 Å². The number of likely N-dealkylation sites (N-methyl/N-ethyl adjacent to an activating group) is 1. The molecule has 0 aliphatic carbocycles. The van der Waals surface area contributed by atoms with Crippen LogP contribution in [0.1, 0.15) is 33.9 Å². The van der Waals surface area contributed by atoms with Crippen LogP contribution in [0, 0.1) is 6.92 Å². The van der Waals surface area contributed by atoms with Crippen LogP contribution >= 0.6 is 11.6 Å². The molecule has 4 rings (SSSR count). The summed E-state index contributed by atoms with van der Waals surface area (Å²) in [5.41, 5.74) is 2.14. The van der Waals surface area contributed by atoms with Crippen molar-refractivity contribution in [1.82, 2.24) is 19.4 Å². The first-order valence-corrected chi connectivity index (χ1v) is 10.8. The van der Waals surface area contributed by atoms with Crippen molar-refractivity contribution < 1.29 is 14.6 Å². The summed E-state index contributed by atoms with van der Waals surface area (Å²) in [4.78, 5) is 23.7. The Hall–Kier alpha value is -2.94. The first-order chi connectivity index (χ1) is 15.5. The number of hydrogen-bond acceptors (Lipinski definition) is 6. The highest BCUT2D eigenvalue weighted by atomic mass is 35.5. The third-order valence-electron chi connectivity index (χ3n) is 5.59. The van der Waals surface area contributed by atoms with E-state index in [1.807, 2.05) is 17.6 Å². The van der Waals surface area contributed by atoms with Crippen LogP contribution in [0.5, 0.6) is 0 Å². The average Bonchev–Trinajstić information content (AvgIpc) is 3.47. The number of nitrogens with one attached hydrogen (secondary N) is 1. The van der Waals surface area contributed by atoms with Crippen LogP contribution in [0.15, 0.2) is 48.9 Å². The van der Waals surface area contributed by atoms with Crippen molar-refractivity contribution in [2.75, 3.05) is 32.2 Å². The number of aliphatic hydroxyl groups excluding tert-OH is 1. The Morgan fingerprint density at radius 3 is 3.00 bits per heavy atom. The zero-order valence-electron chi connectivity index (χ0n) is 18.0. The summed E-state index contributed by atoms with van der Waals surface area (Å²) in [6.07, 6.45) is 6.21. The molecule has 1 amide bonds. The highest BCUT2D eigenvalue weighted by Gasteiger charge is 2.24. The Morgan fingerprint density at radius 2 is 2.28 bits per heavy atom. The van der Waals surface area contributed by atoms with Gasteiger partial charge in [0.1, 0.15) is 5.82 Å². The van der Waals surface area contributed by atoms with Gasteiger partial charge in [-0.2, -0.15) is 4.98 Å². The molecule has 168 valence electrons. The second-order valence-electron chi connectivity index (χ2n) is 7.88. The van der Waals surface area contributed by atoms with Crippen LogP contribution in [-0.2, 0) is 4.74 Å². The van der Waals surface area contributed by atoms with Crippen molar-refractivity contribution >= 4 is 23.5 Å². The number of carbonyl (C=O) groups is 1. The van der Waals surface area contributed by atoms with Crippen LogP contribution in [-0.4, -0.2) is 63.4 Å². The Balaban J connectivity index is 1.54. The molecule has 2 unspecified atom stereocenters. The lowest BCUT2D eigenvalue weighted by atomic mass is 10.1. The average molecular weight is 456 g/mol. The van der Waals surface area contributed by atoms with Gasteiger partial charge in [0.25, 0.3) is 5.91 Å². The van der Waals surface area contributed by atoms with Crippen molar-refractivity contribution in [3.63, 3.8) is 0 Å². The van der Waals surface area contributed by atoms with Crippen LogP contribution in [0.2, 0.25) is 5.02 Å². The fraction of sp³-hybridized carbons (Fsp3) is 0.348. The van der Waals surface area contributed by atoms with Crippen molar-refractivity contribution in [2.45, 2.75) is 25.4 Å². The highest BCUT2D eigenvalue weighted by molar-refractivity contribution is 6.30. The van der Waals surface area contributed by atoms with Gasteiger partial charge < -0.3 is 24.6 Å². The fourth-order valence-corrected chi connectivity index (χ4v) is 3.96. The number of rotatable bonds is 7. The van der Waals surface area contributed by atoms with Gasteiger partial charge in [-0.15, -0.1) is 0 Å². The van der Waals surface area contributed by atoms with Crippen LogP contribution in [0.3, 0.4) is 0 Å². The molecule has 0 saturated carbocycles. The molecular formula is C23H26ClN5O3. The number of anilines is 1. The lowest BCUT2D eigenvalue weighted by Crippen LogP contribution is -2.33. The van der Waals surface area contributed by atoms with E-state index in [2.05, 4.69) is 15.3 Å². The van der Waals surface area contributed by atoms with E-state index < -0.39 is 6.04 Å². The first kappa shape index (κ1) is 22.3. The first-order valence-electron chi connectivity index (χ1n) is 10.5.